The number of hydrogen-bond acceptors (Lipinski definition) is 5. The minimum absolute atomic E-state index is 0.0482. The number of hydrogen-bond donors (Lipinski definition) is 1. The number of methoxy groups -OCH3 is 1. The van der Waals surface area contributed by atoms with Crippen molar-refractivity contribution < 1.29 is 14.6 Å². The first-order chi connectivity index (χ1) is 14.5. The second kappa shape index (κ2) is 7.52. The van der Waals surface area contributed by atoms with Crippen LogP contribution in [0.1, 0.15) is 35.4 Å². The van der Waals surface area contributed by atoms with Crippen molar-refractivity contribution >= 4 is 33.2 Å². The molecule has 0 aliphatic carbocycles. The van der Waals surface area contributed by atoms with Gasteiger partial charge in [-0.1, -0.05) is 27.5 Å². The van der Waals surface area contributed by atoms with Gasteiger partial charge in [-0.2, -0.15) is 5.10 Å². The normalized spacial score (nSPS) is 19.6. The Bertz CT molecular complexity index is 1150. The van der Waals surface area contributed by atoms with Gasteiger partial charge in [0.2, 0.25) is 6.23 Å². The molecule has 2 aliphatic rings. The third kappa shape index (κ3) is 3.30. The van der Waals surface area contributed by atoms with Crippen LogP contribution in [0.4, 0.5) is 0 Å². The van der Waals surface area contributed by atoms with Crippen LogP contribution >= 0.6 is 27.5 Å². The van der Waals surface area contributed by atoms with E-state index in [4.69, 9.17) is 26.2 Å². The van der Waals surface area contributed by atoms with Gasteiger partial charge in [0.1, 0.15) is 17.2 Å². The number of fused-ring (bicyclic) bond motifs is 3. The number of rotatable bonds is 3. The summed E-state index contributed by atoms with van der Waals surface area (Å²) in [6.07, 6.45) is 0.144. The van der Waals surface area contributed by atoms with Gasteiger partial charge in [0.25, 0.3) is 0 Å². The Morgan fingerprint density at radius 2 is 1.90 bits per heavy atom. The number of halogens is 2. The Labute approximate surface area is 187 Å². The summed E-state index contributed by atoms with van der Waals surface area (Å²) in [4.78, 5) is 0. The van der Waals surface area contributed by atoms with E-state index in [1.807, 2.05) is 53.5 Å². The zero-order valence-electron chi connectivity index (χ0n) is 16.0. The van der Waals surface area contributed by atoms with Crippen LogP contribution in [0, 0.1) is 0 Å². The molecule has 0 spiro atoms. The zero-order chi connectivity index (χ0) is 20.8. The Kier molecular flexibility index (Phi) is 4.83. The van der Waals surface area contributed by atoms with Gasteiger partial charge in [0.05, 0.1) is 24.4 Å². The number of ether oxygens (including phenoxy) is 2. The molecule has 0 unspecified atom stereocenters. The van der Waals surface area contributed by atoms with E-state index in [2.05, 4.69) is 15.9 Å². The molecule has 152 valence electrons. The summed E-state index contributed by atoms with van der Waals surface area (Å²) in [7, 11) is 1.65. The fraction of sp³-hybridized carbons (Fsp3) is 0.174. The fourth-order valence-electron chi connectivity index (χ4n) is 3.94. The highest BCUT2D eigenvalue weighted by atomic mass is 79.9. The van der Waals surface area contributed by atoms with Crippen molar-refractivity contribution in [2.45, 2.75) is 18.7 Å². The molecule has 5 nitrogen and oxygen atoms in total. The van der Waals surface area contributed by atoms with Gasteiger partial charge in [-0.05, 0) is 66.2 Å². The summed E-state index contributed by atoms with van der Waals surface area (Å²) in [5, 5.41) is 18.0. The van der Waals surface area contributed by atoms with Gasteiger partial charge >= 0.3 is 0 Å². The topological polar surface area (TPSA) is 54.3 Å². The maximum Gasteiger partial charge on any atom is 0.217 e. The van der Waals surface area contributed by atoms with Gasteiger partial charge in [-0.15, -0.1) is 0 Å². The van der Waals surface area contributed by atoms with Crippen molar-refractivity contribution in [2.24, 2.45) is 5.10 Å². The lowest BCUT2D eigenvalue weighted by atomic mass is 9.96. The maximum absolute atomic E-state index is 10.5. The molecule has 5 rings (SSSR count). The van der Waals surface area contributed by atoms with Crippen LogP contribution < -0.4 is 9.47 Å². The molecule has 0 saturated carbocycles. The molecular weight excluding hydrogens is 468 g/mol. The standard InChI is InChI=1S/C23H18BrClN2O3/c1-29-16-6-2-13(3-7-16)19-12-20-17-11-15(25)5-9-22(17)30-23(27(20)26-19)18-10-14(24)4-8-21(18)28/h2-11,20,23,28H,12H2,1H3/t20-,23+/m1/s1. The van der Waals surface area contributed by atoms with E-state index in [-0.39, 0.29) is 11.8 Å². The zero-order valence-corrected chi connectivity index (χ0v) is 18.4. The molecule has 3 aromatic carbocycles. The van der Waals surface area contributed by atoms with Crippen molar-refractivity contribution in [3.05, 3.63) is 86.8 Å². The predicted octanol–water partition coefficient (Wildman–Crippen LogP) is 6.06. The van der Waals surface area contributed by atoms with E-state index in [1.54, 1.807) is 19.2 Å². The molecule has 0 fully saturated rings. The highest BCUT2D eigenvalue weighted by molar-refractivity contribution is 9.10. The number of phenolic OH excluding ortho intramolecular Hbond substituents is 1. The van der Waals surface area contributed by atoms with E-state index in [0.29, 0.717) is 17.0 Å². The predicted molar refractivity (Wildman–Crippen MR) is 119 cm³/mol. The van der Waals surface area contributed by atoms with Crippen molar-refractivity contribution in [1.29, 1.82) is 0 Å². The molecule has 0 radical (unpaired) electrons. The first-order valence-electron chi connectivity index (χ1n) is 9.48. The largest absolute Gasteiger partial charge is 0.507 e. The highest BCUT2D eigenvalue weighted by Crippen LogP contribution is 2.49. The molecule has 0 aromatic heterocycles. The first kappa shape index (κ1) is 19.3. The van der Waals surface area contributed by atoms with Gasteiger partial charge in [-0.25, -0.2) is 5.01 Å². The summed E-state index contributed by atoms with van der Waals surface area (Å²) in [5.41, 5.74) is 3.60. The Morgan fingerprint density at radius 3 is 2.67 bits per heavy atom. The fourth-order valence-corrected chi connectivity index (χ4v) is 4.50. The molecule has 3 aromatic rings. The molecule has 2 heterocycles. The molecule has 7 heteroatoms. The van der Waals surface area contributed by atoms with Crippen molar-refractivity contribution in [3.63, 3.8) is 0 Å². The molecule has 2 aliphatic heterocycles. The van der Waals surface area contributed by atoms with Crippen LogP contribution in [0.2, 0.25) is 5.02 Å². The van der Waals surface area contributed by atoms with Crippen LogP contribution in [-0.2, 0) is 0 Å². The lowest BCUT2D eigenvalue weighted by Crippen LogP contribution is -2.33. The SMILES string of the molecule is COc1ccc(C2=NN3[C@H](C2)c2cc(Cl)ccc2O[C@H]3c2cc(Br)ccc2O)cc1. The van der Waals surface area contributed by atoms with E-state index >= 15 is 0 Å². The van der Waals surface area contributed by atoms with Gasteiger partial charge in [-0.3, -0.25) is 0 Å². The molecular formula is C23H18BrClN2O3. The van der Waals surface area contributed by atoms with E-state index in [9.17, 15) is 5.11 Å². The Morgan fingerprint density at radius 1 is 1.10 bits per heavy atom. The summed E-state index contributed by atoms with van der Waals surface area (Å²) < 4.78 is 12.4. The molecule has 0 bridgehead atoms. The van der Waals surface area contributed by atoms with Crippen molar-refractivity contribution in [1.82, 2.24) is 5.01 Å². The quantitative estimate of drug-likeness (QED) is 0.490. The number of phenols is 1. The lowest BCUT2D eigenvalue weighted by molar-refractivity contribution is -0.0203. The van der Waals surface area contributed by atoms with E-state index in [1.165, 1.54) is 0 Å². The van der Waals surface area contributed by atoms with E-state index < -0.39 is 6.23 Å². The number of aromatic hydroxyl groups is 1. The summed E-state index contributed by atoms with van der Waals surface area (Å²) in [6, 6.07) is 18.7. The molecule has 2 atom stereocenters. The second-order valence-corrected chi connectivity index (χ2v) is 8.58. The third-order valence-corrected chi connectivity index (χ3v) is 6.16. The van der Waals surface area contributed by atoms with Crippen molar-refractivity contribution in [2.75, 3.05) is 7.11 Å². The average molecular weight is 486 g/mol. The van der Waals surface area contributed by atoms with Crippen molar-refractivity contribution in [3.8, 4) is 17.2 Å². The molecule has 0 amide bonds. The van der Waals surface area contributed by atoms with Gasteiger partial charge in [0.15, 0.2) is 0 Å². The van der Waals surface area contributed by atoms with Gasteiger partial charge in [0, 0.05) is 21.5 Å². The van der Waals surface area contributed by atoms with Crippen LogP contribution in [0.15, 0.2) is 70.2 Å². The lowest BCUT2D eigenvalue weighted by Gasteiger charge is -2.38. The van der Waals surface area contributed by atoms with Crippen LogP contribution in [0.3, 0.4) is 0 Å². The van der Waals surface area contributed by atoms with Gasteiger partial charge < -0.3 is 14.6 Å². The first-order valence-corrected chi connectivity index (χ1v) is 10.7. The maximum atomic E-state index is 10.5. The van der Waals surface area contributed by atoms with Crippen LogP contribution in [0.5, 0.6) is 17.2 Å². The Balaban J connectivity index is 1.61. The molecule has 30 heavy (non-hydrogen) atoms. The smallest absolute Gasteiger partial charge is 0.217 e. The average Bonchev–Trinajstić information content (AvgIpc) is 3.21. The monoisotopic (exact) mass is 484 g/mol. The third-order valence-electron chi connectivity index (χ3n) is 5.43. The minimum atomic E-state index is -0.558. The summed E-state index contributed by atoms with van der Waals surface area (Å²) >= 11 is 9.77. The number of hydrazone groups is 1. The summed E-state index contributed by atoms with van der Waals surface area (Å²) in [6.45, 7) is 0. The minimum Gasteiger partial charge on any atom is -0.507 e. The van der Waals surface area contributed by atoms with E-state index in [0.717, 1.165) is 32.8 Å². The Hall–Kier alpha value is -2.70. The van der Waals surface area contributed by atoms with Crippen LogP contribution in [-0.4, -0.2) is 22.9 Å². The molecule has 1 N–H and O–H groups in total. The summed E-state index contributed by atoms with van der Waals surface area (Å²) in [5.74, 6) is 1.70. The molecule has 0 saturated heterocycles. The number of nitrogens with zero attached hydrogens (tertiary/aromatic N) is 2. The highest BCUT2D eigenvalue weighted by Gasteiger charge is 2.42. The van der Waals surface area contributed by atoms with Crippen LogP contribution in [0.25, 0.3) is 0 Å². The number of benzene rings is 3. The second-order valence-electron chi connectivity index (χ2n) is 7.23.